The summed E-state index contributed by atoms with van der Waals surface area (Å²) in [6.45, 7) is 2.58. The number of ether oxygens (including phenoxy) is 1. The van der Waals surface area contributed by atoms with Gasteiger partial charge in [0.05, 0.1) is 30.7 Å². The third-order valence-corrected chi connectivity index (χ3v) is 3.94. The standard InChI is InChI=1S/C18H16N4O2/c1-12-4-3-5-15(20-12)18-17(11-24-21-18)22-9-8-19-14-7-6-13(23-2)10-16(14)22/h3-8,10-11H,9H2,1-2H3. The van der Waals surface area contributed by atoms with Crippen LogP contribution in [0.5, 0.6) is 5.75 Å². The molecule has 0 bridgehead atoms. The van der Waals surface area contributed by atoms with Gasteiger partial charge in [0, 0.05) is 18.0 Å². The summed E-state index contributed by atoms with van der Waals surface area (Å²) < 4.78 is 10.6. The minimum Gasteiger partial charge on any atom is -0.497 e. The Morgan fingerprint density at radius 3 is 2.92 bits per heavy atom. The molecule has 1 aromatic carbocycles. The summed E-state index contributed by atoms with van der Waals surface area (Å²) in [6, 6.07) is 11.7. The maximum atomic E-state index is 5.35. The lowest BCUT2D eigenvalue weighted by Crippen LogP contribution is -2.22. The molecule has 0 fully saturated rings. The molecule has 1 aliphatic rings. The number of fused-ring (bicyclic) bond motifs is 1. The van der Waals surface area contributed by atoms with E-state index >= 15 is 0 Å². The van der Waals surface area contributed by atoms with Crippen molar-refractivity contribution in [1.82, 2.24) is 10.1 Å². The van der Waals surface area contributed by atoms with Gasteiger partial charge in [-0.2, -0.15) is 0 Å². The molecule has 120 valence electrons. The number of anilines is 2. The number of aryl methyl sites for hydroxylation is 1. The van der Waals surface area contributed by atoms with Gasteiger partial charge in [-0.05, 0) is 31.2 Å². The molecule has 0 aliphatic carbocycles. The van der Waals surface area contributed by atoms with Gasteiger partial charge in [-0.1, -0.05) is 11.2 Å². The molecule has 3 heterocycles. The SMILES string of the molecule is COc1ccc2c(c1)N(c1conc1-c1cccc(C)n1)CC=N2. The molecule has 0 atom stereocenters. The van der Waals surface area contributed by atoms with Crippen LogP contribution >= 0.6 is 0 Å². The second kappa shape index (κ2) is 5.81. The Morgan fingerprint density at radius 2 is 2.08 bits per heavy atom. The van der Waals surface area contributed by atoms with Crippen LogP contribution in [0.15, 0.2) is 52.2 Å². The van der Waals surface area contributed by atoms with E-state index in [1.807, 2.05) is 49.5 Å². The summed E-state index contributed by atoms with van der Waals surface area (Å²) in [4.78, 5) is 11.1. The second-order valence-electron chi connectivity index (χ2n) is 5.49. The molecule has 24 heavy (non-hydrogen) atoms. The lowest BCUT2D eigenvalue weighted by Gasteiger charge is -2.26. The molecule has 2 aromatic heterocycles. The highest BCUT2D eigenvalue weighted by molar-refractivity contribution is 5.90. The zero-order valence-corrected chi connectivity index (χ0v) is 13.4. The van der Waals surface area contributed by atoms with Crippen molar-refractivity contribution in [2.75, 3.05) is 18.6 Å². The van der Waals surface area contributed by atoms with E-state index in [0.29, 0.717) is 12.2 Å². The Balaban J connectivity index is 1.82. The molecule has 0 amide bonds. The summed E-state index contributed by atoms with van der Waals surface area (Å²) >= 11 is 0. The molecule has 1 aliphatic heterocycles. The molecule has 0 spiro atoms. The first-order chi connectivity index (χ1) is 11.8. The number of benzene rings is 1. The van der Waals surface area contributed by atoms with E-state index in [2.05, 4.69) is 20.0 Å². The molecule has 0 radical (unpaired) electrons. The van der Waals surface area contributed by atoms with Crippen LogP contribution in [0.3, 0.4) is 0 Å². The fourth-order valence-electron chi connectivity index (χ4n) is 2.78. The number of hydrogen-bond acceptors (Lipinski definition) is 6. The van der Waals surface area contributed by atoms with Crippen LogP contribution in [0.1, 0.15) is 5.69 Å². The van der Waals surface area contributed by atoms with Crippen molar-refractivity contribution in [2.45, 2.75) is 6.92 Å². The predicted octanol–water partition coefficient (Wildman–Crippen LogP) is 3.91. The van der Waals surface area contributed by atoms with E-state index in [1.165, 1.54) is 0 Å². The highest BCUT2D eigenvalue weighted by Crippen LogP contribution is 2.41. The molecule has 0 N–H and O–H groups in total. The van der Waals surface area contributed by atoms with Crippen LogP contribution in [0.2, 0.25) is 0 Å². The van der Waals surface area contributed by atoms with Crippen molar-refractivity contribution in [3.8, 4) is 17.1 Å². The van der Waals surface area contributed by atoms with Gasteiger partial charge >= 0.3 is 0 Å². The summed E-state index contributed by atoms with van der Waals surface area (Å²) in [6.07, 6.45) is 3.51. The van der Waals surface area contributed by atoms with Crippen molar-refractivity contribution in [2.24, 2.45) is 4.99 Å². The van der Waals surface area contributed by atoms with E-state index in [1.54, 1.807) is 13.4 Å². The number of nitrogens with zero attached hydrogens (tertiary/aromatic N) is 4. The molecule has 6 nitrogen and oxygen atoms in total. The Morgan fingerprint density at radius 1 is 1.17 bits per heavy atom. The number of pyridine rings is 1. The summed E-state index contributed by atoms with van der Waals surface area (Å²) in [5.41, 5.74) is 5.12. The van der Waals surface area contributed by atoms with Gasteiger partial charge in [0.25, 0.3) is 0 Å². The van der Waals surface area contributed by atoms with Crippen LogP contribution < -0.4 is 9.64 Å². The van der Waals surface area contributed by atoms with Gasteiger partial charge in [-0.15, -0.1) is 0 Å². The quantitative estimate of drug-likeness (QED) is 0.732. The molecular formula is C18H16N4O2. The average molecular weight is 320 g/mol. The first-order valence-corrected chi connectivity index (χ1v) is 7.63. The fourth-order valence-corrected chi connectivity index (χ4v) is 2.78. The summed E-state index contributed by atoms with van der Waals surface area (Å²) in [5, 5.41) is 4.16. The van der Waals surface area contributed by atoms with Gasteiger partial charge in [0.2, 0.25) is 0 Å². The van der Waals surface area contributed by atoms with Gasteiger partial charge < -0.3 is 14.2 Å². The van der Waals surface area contributed by atoms with Crippen LogP contribution in [0.4, 0.5) is 17.1 Å². The lowest BCUT2D eigenvalue weighted by atomic mass is 10.1. The van der Waals surface area contributed by atoms with Crippen LogP contribution in [-0.2, 0) is 0 Å². The molecule has 0 unspecified atom stereocenters. The van der Waals surface area contributed by atoms with E-state index in [0.717, 1.165) is 34.2 Å². The Kier molecular flexibility index (Phi) is 3.49. The topological polar surface area (TPSA) is 63.8 Å². The van der Waals surface area contributed by atoms with Crippen molar-refractivity contribution >= 4 is 23.3 Å². The number of aromatic nitrogens is 2. The molecule has 0 saturated carbocycles. The highest BCUT2D eigenvalue weighted by Gasteiger charge is 2.23. The molecule has 4 rings (SSSR count). The lowest BCUT2D eigenvalue weighted by molar-refractivity contribution is 0.415. The van der Waals surface area contributed by atoms with Crippen molar-refractivity contribution in [3.63, 3.8) is 0 Å². The number of aliphatic imine (C=N–C) groups is 1. The van der Waals surface area contributed by atoms with Gasteiger partial charge in [-0.25, -0.2) is 0 Å². The van der Waals surface area contributed by atoms with E-state index in [-0.39, 0.29) is 0 Å². The van der Waals surface area contributed by atoms with Crippen LogP contribution in [-0.4, -0.2) is 30.0 Å². The highest BCUT2D eigenvalue weighted by atomic mass is 16.5. The normalized spacial score (nSPS) is 13.0. The van der Waals surface area contributed by atoms with Gasteiger partial charge in [-0.3, -0.25) is 9.98 Å². The molecular weight excluding hydrogens is 304 g/mol. The third kappa shape index (κ3) is 2.42. The van der Waals surface area contributed by atoms with E-state index < -0.39 is 0 Å². The zero-order valence-electron chi connectivity index (χ0n) is 13.4. The van der Waals surface area contributed by atoms with Crippen molar-refractivity contribution in [3.05, 3.63) is 48.4 Å². The monoisotopic (exact) mass is 320 g/mol. The van der Waals surface area contributed by atoms with Crippen molar-refractivity contribution in [1.29, 1.82) is 0 Å². The first-order valence-electron chi connectivity index (χ1n) is 7.63. The Bertz CT molecular complexity index is 917. The zero-order chi connectivity index (χ0) is 16.5. The minimum absolute atomic E-state index is 0.625. The fraction of sp³-hybridized carbons (Fsp3) is 0.167. The maximum absolute atomic E-state index is 5.35. The van der Waals surface area contributed by atoms with Gasteiger partial charge in [0.15, 0.2) is 5.69 Å². The predicted molar refractivity (Wildman–Crippen MR) is 92.6 cm³/mol. The number of methoxy groups -OCH3 is 1. The van der Waals surface area contributed by atoms with Crippen LogP contribution in [0, 0.1) is 6.92 Å². The first kappa shape index (κ1) is 14.4. The van der Waals surface area contributed by atoms with Crippen LogP contribution in [0.25, 0.3) is 11.4 Å². The van der Waals surface area contributed by atoms with E-state index in [9.17, 15) is 0 Å². The average Bonchev–Trinajstić information content (AvgIpc) is 3.10. The maximum Gasteiger partial charge on any atom is 0.155 e. The molecule has 3 aromatic rings. The summed E-state index contributed by atoms with van der Waals surface area (Å²) in [5.74, 6) is 0.780. The third-order valence-electron chi connectivity index (χ3n) is 3.94. The molecule has 6 heteroatoms. The largest absolute Gasteiger partial charge is 0.497 e. The minimum atomic E-state index is 0.625. The summed E-state index contributed by atoms with van der Waals surface area (Å²) in [7, 11) is 1.65. The van der Waals surface area contributed by atoms with Gasteiger partial charge in [0.1, 0.15) is 17.7 Å². The Hall–Kier alpha value is -3.15. The smallest absolute Gasteiger partial charge is 0.155 e. The number of rotatable bonds is 3. The van der Waals surface area contributed by atoms with E-state index in [4.69, 9.17) is 9.26 Å². The Labute approximate surface area is 139 Å². The molecule has 0 saturated heterocycles. The number of hydrogen-bond donors (Lipinski definition) is 0. The second-order valence-corrected chi connectivity index (χ2v) is 5.49. The van der Waals surface area contributed by atoms with Crippen molar-refractivity contribution < 1.29 is 9.26 Å².